The van der Waals surface area contributed by atoms with Crippen LogP contribution < -0.4 is 15.1 Å². The van der Waals surface area contributed by atoms with Crippen LogP contribution in [0.3, 0.4) is 0 Å². The molecule has 29 heteroatoms. The lowest BCUT2D eigenvalue weighted by atomic mass is 10.0. The lowest BCUT2D eigenvalue weighted by Crippen LogP contribution is -2.52. The monoisotopic (exact) mass is 1300 g/mol. The van der Waals surface area contributed by atoms with E-state index in [1.54, 1.807) is 0 Å². The number of piperazine rings is 2. The summed E-state index contributed by atoms with van der Waals surface area (Å²) < 4.78 is 171. The summed E-state index contributed by atoms with van der Waals surface area (Å²) in [5, 5.41) is 3.70. The molecule has 16 nitrogen and oxygen atoms in total. The summed E-state index contributed by atoms with van der Waals surface area (Å²) in [7, 11) is 0. The van der Waals surface area contributed by atoms with Crippen LogP contribution in [0, 0.1) is 37.5 Å². The highest BCUT2D eigenvalue weighted by Gasteiger charge is 2.61. The van der Waals surface area contributed by atoms with E-state index in [1.165, 1.54) is 0 Å². The van der Waals surface area contributed by atoms with Crippen LogP contribution in [0.1, 0.15) is 63.8 Å². The molecule has 1 N–H and O–H groups in total. The largest absolute Gasteiger partial charge is 0.459 e. The third kappa shape index (κ3) is 20.5. The lowest BCUT2D eigenvalue weighted by Gasteiger charge is -2.36. The van der Waals surface area contributed by atoms with Crippen molar-refractivity contribution < 1.29 is 90.8 Å². The number of hydrogen-bond acceptors (Lipinski definition) is 14. The number of alkyl halides is 13. The van der Waals surface area contributed by atoms with Crippen molar-refractivity contribution in [2.45, 2.75) is 117 Å². The number of carbonyl (C=O) groups excluding carboxylic acids is 4. The van der Waals surface area contributed by atoms with E-state index in [4.69, 9.17) is 9.47 Å². The third-order valence-corrected chi connectivity index (χ3v) is 15.5. The van der Waals surface area contributed by atoms with E-state index in [2.05, 4.69) is 63.6 Å². The average molecular weight is 1300 g/mol. The van der Waals surface area contributed by atoms with E-state index in [0.29, 0.717) is 49.9 Å². The number of anilines is 2. The first kappa shape index (κ1) is 69.1. The zero-order valence-corrected chi connectivity index (χ0v) is 50.5. The molecule has 0 radical (unpaired) electrons. The van der Waals surface area contributed by atoms with Crippen LogP contribution in [0.15, 0.2) is 36.4 Å². The van der Waals surface area contributed by atoms with Crippen LogP contribution >= 0.6 is 15.9 Å². The van der Waals surface area contributed by atoms with Gasteiger partial charge in [-0.25, -0.2) is 9.59 Å². The number of likely N-dealkylation sites (tertiary alicyclic amines) is 1. The summed E-state index contributed by atoms with van der Waals surface area (Å²) in [5.41, 5.74) is 5.77. The van der Waals surface area contributed by atoms with E-state index in [-0.39, 0.29) is 68.7 Å². The number of fused-ring (bicyclic) bond motifs is 2. The highest BCUT2D eigenvalue weighted by molar-refractivity contribution is 9.09. The number of hydrogen-bond donors (Lipinski definition) is 1. The summed E-state index contributed by atoms with van der Waals surface area (Å²) >= 11 is 2.99. The first-order valence-electron chi connectivity index (χ1n) is 28.0. The van der Waals surface area contributed by atoms with Gasteiger partial charge in [-0.15, -0.1) is 0 Å². The van der Waals surface area contributed by atoms with Crippen molar-refractivity contribution in [1.82, 2.24) is 29.8 Å². The number of nitrogens with zero attached hydrogens (tertiary/aromatic N) is 7. The van der Waals surface area contributed by atoms with Crippen molar-refractivity contribution in [3.8, 4) is 0 Å². The maximum absolute atomic E-state index is 12.8. The Bertz CT molecular complexity index is 2530. The standard InChI is InChI=1S/C28H38F6N4O4.C22H28F6N4O2.C6H11BrO2/c1-18-5-6-19(12-35-7-9-37(10-8-35)25(40)41-24(27(29,30)31)28(32,33)34)22(11-18)38-15-20-13-36(14-21(20)16-38)17-23(39)42-26(2,3)4;1-14-2-3-15(18(8-14)32-12-16-9-29-10-17(16)13-32)11-30-4-6-31(7-5-30)20(33)34-19(21(23,24)25)22(26,27)28;1-6(2,3)9-5(8)4-7/h5-6,11,20-21,24H,7-10,12-17H2,1-4H3;2-3,8,16-17,19,29H,4-7,9-13H2,1H3;4H2,1-3H3. The summed E-state index contributed by atoms with van der Waals surface area (Å²) in [5.74, 6) is 1.62. The number of halogens is 13. The molecule has 2 aromatic rings. The molecule has 4 atom stereocenters. The second-order valence-electron chi connectivity index (χ2n) is 24.5. The van der Waals surface area contributed by atoms with Gasteiger partial charge in [0.25, 0.3) is 12.2 Å². The first-order valence-corrected chi connectivity index (χ1v) is 29.1. The summed E-state index contributed by atoms with van der Waals surface area (Å²) in [6.45, 7) is 24.8. The van der Waals surface area contributed by atoms with Crippen molar-refractivity contribution in [1.29, 1.82) is 0 Å². The van der Waals surface area contributed by atoms with E-state index < -0.39 is 54.7 Å². The smallest absolute Gasteiger partial charge is 0.434 e. The summed E-state index contributed by atoms with van der Waals surface area (Å²) in [6.07, 6.45) is -34.5. The van der Waals surface area contributed by atoms with Crippen LogP contribution in [0.25, 0.3) is 0 Å². The fourth-order valence-corrected chi connectivity index (χ4v) is 11.4. The number of esters is 2. The minimum absolute atomic E-state index is 0.0119. The van der Waals surface area contributed by atoms with Gasteiger partial charge in [0.2, 0.25) is 0 Å². The molecule has 0 aromatic heterocycles. The molecule has 480 valence electrons. The molecule has 0 spiro atoms. The fraction of sp³-hybridized carbons (Fsp3) is 0.714. The molecule has 6 aliphatic rings. The molecule has 6 fully saturated rings. The van der Waals surface area contributed by atoms with E-state index in [0.717, 1.165) is 95.8 Å². The quantitative estimate of drug-likeness (QED) is 0.0989. The predicted octanol–water partition coefficient (Wildman–Crippen LogP) is 9.57. The van der Waals surface area contributed by atoms with Crippen molar-refractivity contribution in [3.63, 3.8) is 0 Å². The molecule has 0 saturated carbocycles. The number of ether oxygens (including phenoxy) is 4. The predicted molar refractivity (Wildman–Crippen MR) is 294 cm³/mol. The van der Waals surface area contributed by atoms with Gasteiger partial charge in [0.1, 0.15) is 16.5 Å². The van der Waals surface area contributed by atoms with E-state index >= 15 is 0 Å². The minimum atomic E-state index is -5.75. The van der Waals surface area contributed by atoms with Gasteiger partial charge in [0.15, 0.2) is 0 Å². The van der Waals surface area contributed by atoms with Crippen molar-refractivity contribution in [2.75, 3.05) is 126 Å². The molecule has 4 unspecified atom stereocenters. The second-order valence-corrected chi connectivity index (χ2v) is 25.1. The zero-order valence-electron chi connectivity index (χ0n) is 48.9. The van der Waals surface area contributed by atoms with Gasteiger partial charge in [0, 0.05) is 129 Å². The highest BCUT2D eigenvalue weighted by atomic mass is 79.9. The van der Waals surface area contributed by atoms with Gasteiger partial charge in [-0.1, -0.05) is 40.2 Å². The molecular formula is C56H77BrF12N8O8. The van der Waals surface area contributed by atoms with Gasteiger partial charge < -0.3 is 43.9 Å². The zero-order chi connectivity index (χ0) is 63.2. The van der Waals surface area contributed by atoms with Crippen LogP contribution in [0.2, 0.25) is 0 Å². The number of benzene rings is 2. The Morgan fingerprint density at radius 1 is 0.506 bits per heavy atom. The van der Waals surface area contributed by atoms with Crippen molar-refractivity contribution in [3.05, 3.63) is 58.7 Å². The molecule has 85 heavy (non-hydrogen) atoms. The van der Waals surface area contributed by atoms with Crippen molar-refractivity contribution >= 4 is 51.4 Å². The van der Waals surface area contributed by atoms with Crippen molar-refractivity contribution in [2.24, 2.45) is 23.7 Å². The normalized spacial score (nSPS) is 22.0. The van der Waals surface area contributed by atoms with E-state index in [9.17, 15) is 71.9 Å². The molecule has 6 saturated heterocycles. The van der Waals surface area contributed by atoms with Crippen LogP contribution in [-0.2, 0) is 41.6 Å². The van der Waals surface area contributed by atoms with Gasteiger partial charge >= 0.3 is 48.8 Å². The van der Waals surface area contributed by atoms with Gasteiger partial charge in [-0.05, 0) is 113 Å². The molecule has 0 bridgehead atoms. The Hall–Kier alpha value is -5.00. The topological polar surface area (TPSA) is 140 Å². The molecule has 6 heterocycles. The molecule has 2 amide bonds. The highest BCUT2D eigenvalue weighted by Crippen LogP contribution is 2.40. The fourth-order valence-electron chi connectivity index (χ4n) is 11.2. The summed E-state index contributed by atoms with van der Waals surface area (Å²) in [6, 6.07) is 12.4. The van der Waals surface area contributed by atoms with E-state index in [1.807, 2.05) is 83.4 Å². The number of amides is 2. The van der Waals surface area contributed by atoms with Crippen LogP contribution in [0.5, 0.6) is 0 Å². The van der Waals surface area contributed by atoms with Crippen LogP contribution in [0.4, 0.5) is 73.6 Å². The third-order valence-electron chi connectivity index (χ3n) is 15.1. The van der Waals surface area contributed by atoms with Gasteiger partial charge in [0.05, 0.1) is 6.54 Å². The SMILES string of the molecule is CC(C)(C)OC(=O)CBr.Cc1ccc(CN2CCN(C(=O)OC(C(F)(F)F)C(F)(F)F)CC2)c(N2CC3CN(CC(=O)OC(C)(C)C)CC3C2)c1.Cc1ccc(CN2CCN(C(=O)OC(C(F)(F)F)C(F)(F)F)CC2)c(N2CC3CNCC3C2)c1. The molecular weight excluding hydrogens is 1220 g/mol. The maximum atomic E-state index is 12.8. The van der Waals surface area contributed by atoms with Gasteiger partial charge in [-0.3, -0.25) is 24.3 Å². The number of aryl methyl sites for hydroxylation is 2. The number of nitrogens with one attached hydrogen (secondary N) is 1. The Kier molecular flexibility index (Phi) is 22.8. The number of rotatable bonds is 11. The Morgan fingerprint density at radius 2 is 0.847 bits per heavy atom. The second kappa shape index (κ2) is 28.0. The Morgan fingerprint density at radius 3 is 1.16 bits per heavy atom. The Balaban J connectivity index is 0.000000241. The number of carbonyl (C=O) groups is 4. The average Bonchev–Trinajstić information content (AvgIpc) is 4.06. The lowest BCUT2D eigenvalue weighted by molar-refractivity contribution is -0.309. The Labute approximate surface area is 495 Å². The van der Waals surface area contributed by atoms with Crippen LogP contribution in [-0.4, -0.2) is 213 Å². The molecule has 8 rings (SSSR count). The first-order chi connectivity index (χ1) is 39.3. The molecule has 0 aliphatic carbocycles. The molecule has 2 aromatic carbocycles. The molecule has 6 aliphatic heterocycles. The van der Waals surface area contributed by atoms with Gasteiger partial charge in [-0.2, -0.15) is 52.7 Å². The summed E-state index contributed by atoms with van der Waals surface area (Å²) in [4.78, 5) is 59.7. The maximum Gasteiger partial charge on any atom is 0.434 e. The minimum Gasteiger partial charge on any atom is -0.459 e.